The smallest absolute Gasteiger partial charge is 0.412 e. The number of carbonyl (C=O) groups excluding carboxylic acids is 1. The lowest BCUT2D eigenvalue weighted by molar-refractivity contribution is 0.0636. The van der Waals surface area contributed by atoms with E-state index in [1.807, 2.05) is 13.8 Å². The molecule has 0 bridgehead atoms. The molecule has 0 aliphatic heterocycles. The molecule has 1 aromatic heterocycles. The second-order valence-electron chi connectivity index (χ2n) is 7.51. The van der Waals surface area contributed by atoms with Gasteiger partial charge in [-0.25, -0.2) is 4.79 Å². The summed E-state index contributed by atoms with van der Waals surface area (Å²) >= 11 is 12.7. The topological polar surface area (TPSA) is 73.2 Å². The zero-order valence-corrected chi connectivity index (χ0v) is 17.5. The van der Waals surface area contributed by atoms with Gasteiger partial charge < -0.3 is 9.30 Å². The Morgan fingerprint density at radius 2 is 1.85 bits per heavy atom. The first-order chi connectivity index (χ1) is 12.5. The largest absolute Gasteiger partial charge is 0.444 e. The SMILES string of the molecule is CC(C)c1cn(Cc2c(Cl)cc(NC(=O)OC(C)(C)C)cc2Cl)cnc1=O. The van der Waals surface area contributed by atoms with Crippen molar-refractivity contribution in [2.24, 2.45) is 0 Å². The van der Waals surface area contributed by atoms with Crippen LogP contribution in [0, 0.1) is 0 Å². The number of amides is 1. The highest BCUT2D eigenvalue weighted by Gasteiger charge is 2.17. The Labute approximate surface area is 168 Å². The van der Waals surface area contributed by atoms with Gasteiger partial charge in [-0.15, -0.1) is 0 Å². The van der Waals surface area contributed by atoms with Crippen LogP contribution in [-0.2, 0) is 11.3 Å². The molecule has 27 heavy (non-hydrogen) atoms. The van der Waals surface area contributed by atoms with E-state index >= 15 is 0 Å². The van der Waals surface area contributed by atoms with Gasteiger partial charge in [0.1, 0.15) is 5.60 Å². The van der Waals surface area contributed by atoms with Crippen molar-refractivity contribution in [2.45, 2.75) is 52.7 Å². The molecule has 1 N–H and O–H groups in total. The minimum Gasteiger partial charge on any atom is -0.444 e. The molecule has 0 fully saturated rings. The highest BCUT2D eigenvalue weighted by Crippen LogP contribution is 2.30. The van der Waals surface area contributed by atoms with Crippen LogP contribution >= 0.6 is 23.2 Å². The number of aromatic nitrogens is 2. The van der Waals surface area contributed by atoms with Gasteiger partial charge in [-0.05, 0) is 38.8 Å². The monoisotopic (exact) mass is 411 g/mol. The summed E-state index contributed by atoms with van der Waals surface area (Å²) in [7, 11) is 0. The number of anilines is 1. The zero-order chi connectivity index (χ0) is 20.4. The maximum absolute atomic E-state index is 11.9. The van der Waals surface area contributed by atoms with Crippen molar-refractivity contribution in [2.75, 3.05) is 5.32 Å². The predicted octanol–water partition coefficient (Wildman–Crippen LogP) is 5.07. The van der Waals surface area contributed by atoms with Crippen LogP contribution < -0.4 is 10.9 Å². The normalized spacial score (nSPS) is 11.6. The Morgan fingerprint density at radius 3 is 2.37 bits per heavy atom. The number of halogens is 2. The number of carbonyl (C=O) groups is 1. The Bertz CT molecular complexity index is 879. The van der Waals surface area contributed by atoms with Crippen LogP contribution in [-0.4, -0.2) is 21.2 Å². The maximum atomic E-state index is 11.9. The van der Waals surface area contributed by atoms with Gasteiger partial charge in [0.05, 0.1) is 12.9 Å². The van der Waals surface area contributed by atoms with E-state index in [2.05, 4.69) is 10.3 Å². The Kier molecular flexibility index (Phi) is 6.54. The van der Waals surface area contributed by atoms with E-state index in [0.29, 0.717) is 33.4 Å². The minimum atomic E-state index is -0.608. The second kappa shape index (κ2) is 8.31. The van der Waals surface area contributed by atoms with Crippen LogP contribution in [0.25, 0.3) is 0 Å². The van der Waals surface area contributed by atoms with Crippen LogP contribution in [0.5, 0.6) is 0 Å². The maximum Gasteiger partial charge on any atom is 0.412 e. The number of ether oxygens (including phenoxy) is 1. The number of hydrogen-bond acceptors (Lipinski definition) is 4. The molecule has 0 radical (unpaired) electrons. The summed E-state index contributed by atoms with van der Waals surface area (Å²) in [6.45, 7) is 9.54. The third-order valence-corrected chi connectivity index (χ3v) is 4.30. The van der Waals surface area contributed by atoms with Crippen molar-refractivity contribution < 1.29 is 9.53 Å². The number of hydrogen-bond donors (Lipinski definition) is 1. The lowest BCUT2D eigenvalue weighted by atomic mass is 10.1. The van der Waals surface area contributed by atoms with E-state index in [1.54, 1.807) is 43.7 Å². The van der Waals surface area contributed by atoms with Crippen molar-refractivity contribution in [3.63, 3.8) is 0 Å². The van der Waals surface area contributed by atoms with Gasteiger partial charge in [0.15, 0.2) is 0 Å². The molecule has 0 unspecified atom stereocenters. The summed E-state index contributed by atoms with van der Waals surface area (Å²) in [5, 5.41) is 3.39. The van der Waals surface area contributed by atoms with Gasteiger partial charge in [-0.1, -0.05) is 37.0 Å². The molecule has 6 nitrogen and oxygen atoms in total. The lowest BCUT2D eigenvalue weighted by Gasteiger charge is -2.20. The third-order valence-electron chi connectivity index (χ3n) is 3.62. The summed E-state index contributed by atoms with van der Waals surface area (Å²) in [6.07, 6.45) is 2.61. The Hall–Kier alpha value is -2.05. The van der Waals surface area contributed by atoms with E-state index in [-0.39, 0.29) is 11.5 Å². The van der Waals surface area contributed by atoms with Crippen molar-refractivity contribution in [1.29, 1.82) is 0 Å². The minimum absolute atomic E-state index is 0.0591. The van der Waals surface area contributed by atoms with Gasteiger partial charge in [-0.3, -0.25) is 10.1 Å². The van der Waals surface area contributed by atoms with Crippen molar-refractivity contribution in [3.05, 3.63) is 56.2 Å². The third kappa shape index (κ3) is 5.97. The summed E-state index contributed by atoms with van der Waals surface area (Å²) in [5.74, 6) is 0.0591. The van der Waals surface area contributed by atoms with E-state index in [0.717, 1.165) is 0 Å². The van der Waals surface area contributed by atoms with Gasteiger partial charge in [0.2, 0.25) is 0 Å². The Balaban J connectivity index is 2.24. The van der Waals surface area contributed by atoms with Gasteiger partial charge >= 0.3 is 6.09 Å². The van der Waals surface area contributed by atoms with Gasteiger partial charge in [0, 0.05) is 33.1 Å². The molecule has 0 aliphatic rings. The lowest BCUT2D eigenvalue weighted by Crippen LogP contribution is -2.27. The molecular weight excluding hydrogens is 389 g/mol. The molecule has 2 rings (SSSR count). The van der Waals surface area contributed by atoms with Crippen molar-refractivity contribution in [1.82, 2.24) is 9.55 Å². The first-order valence-corrected chi connectivity index (χ1v) is 9.26. The molecule has 8 heteroatoms. The van der Waals surface area contributed by atoms with E-state index in [1.165, 1.54) is 6.33 Å². The fourth-order valence-corrected chi connectivity index (χ4v) is 2.99. The number of nitrogens with zero attached hydrogens (tertiary/aromatic N) is 2. The highest BCUT2D eigenvalue weighted by molar-refractivity contribution is 6.36. The summed E-state index contributed by atoms with van der Waals surface area (Å²) in [5.41, 5.74) is 0.865. The van der Waals surface area contributed by atoms with Crippen LogP contribution in [0.15, 0.2) is 29.5 Å². The molecule has 1 aromatic carbocycles. The first-order valence-electron chi connectivity index (χ1n) is 8.50. The molecule has 1 heterocycles. The summed E-state index contributed by atoms with van der Waals surface area (Å²) < 4.78 is 6.97. The van der Waals surface area contributed by atoms with Gasteiger partial charge in [-0.2, -0.15) is 4.98 Å². The van der Waals surface area contributed by atoms with E-state index in [9.17, 15) is 9.59 Å². The van der Waals surface area contributed by atoms with Crippen LogP contribution in [0.3, 0.4) is 0 Å². The molecule has 146 valence electrons. The number of rotatable bonds is 4. The van der Waals surface area contributed by atoms with Crippen LogP contribution in [0.2, 0.25) is 10.0 Å². The first kappa shape index (κ1) is 21.3. The summed E-state index contributed by atoms with van der Waals surface area (Å²) in [4.78, 5) is 27.6. The standard InChI is InChI=1S/C19H23Cl2N3O3/c1-11(2)13-8-24(10-22-17(13)25)9-14-15(20)6-12(7-16(14)21)23-18(26)27-19(3,4)5/h6-8,10-11H,9H2,1-5H3,(H,23,26). The highest BCUT2D eigenvalue weighted by atomic mass is 35.5. The van der Waals surface area contributed by atoms with Crippen molar-refractivity contribution >= 4 is 35.0 Å². The molecule has 0 saturated heterocycles. The molecule has 2 aromatic rings. The molecule has 0 aliphatic carbocycles. The quantitative estimate of drug-likeness (QED) is 0.761. The molecule has 1 amide bonds. The Morgan fingerprint density at radius 1 is 1.26 bits per heavy atom. The number of nitrogens with one attached hydrogen (secondary N) is 1. The molecule has 0 saturated carbocycles. The molecule has 0 atom stereocenters. The average molecular weight is 412 g/mol. The second-order valence-corrected chi connectivity index (χ2v) is 8.32. The van der Waals surface area contributed by atoms with Crippen LogP contribution in [0.1, 0.15) is 51.7 Å². The van der Waals surface area contributed by atoms with E-state index in [4.69, 9.17) is 27.9 Å². The van der Waals surface area contributed by atoms with Crippen LogP contribution in [0.4, 0.5) is 10.5 Å². The zero-order valence-electron chi connectivity index (χ0n) is 16.0. The molecular formula is C19H23Cl2N3O3. The summed E-state index contributed by atoms with van der Waals surface area (Å²) in [6, 6.07) is 3.21. The van der Waals surface area contributed by atoms with Gasteiger partial charge in [0.25, 0.3) is 5.56 Å². The predicted molar refractivity (Wildman–Crippen MR) is 108 cm³/mol. The fraction of sp³-hybridized carbons (Fsp3) is 0.421. The average Bonchev–Trinajstić information content (AvgIpc) is 2.50. The molecule has 0 spiro atoms. The van der Waals surface area contributed by atoms with E-state index < -0.39 is 11.7 Å². The fourth-order valence-electron chi connectivity index (χ4n) is 2.38. The number of benzene rings is 1. The van der Waals surface area contributed by atoms with Crippen molar-refractivity contribution in [3.8, 4) is 0 Å².